The fourth-order valence-corrected chi connectivity index (χ4v) is 3.27. The van der Waals surface area contributed by atoms with Gasteiger partial charge in [0.1, 0.15) is 0 Å². The molecule has 0 bridgehead atoms. The molecule has 1 amide bonds. The van der Waals surface area contributed by atoms with E-state index in [1.165, 1.54) is 0 Å². The van der Waals surface area contributed by atoms with Crippen LogP contribution in [0.1, 0.15) is 29.3 Å². The second-order valence-corrected chi connectivity index (χ2v) is 6.60. The number of halogens is 1. The molecule has 0 saturated carbocycles. The van der Waals surface area contributed by atoms with Crippen molar-refractivity contribution in [1.29, 1.82) is 0 Å². The quantitative estimate of drug-likeness (QED) is 0.795. The van der Waals surface area contributed by atoms with E-state index in [9.17, 15) is 14.7 Å². The van der Waals surface area contributed by atoms with Crippen molar-refractivity contribution in [2.24, 2.45) is 11.8 Å². The largest absolute Gasteiger partial charge is 0.481 e. The predicted octanol–water partition coefficient (Wildman–Crippen LogP) is 2.78. The van der Waals surface area contributed by atoms with Gasteiger partial charge >= 0.3 is 5.97 Å². The first-order valence-corrected chi connectivity index (χ1v) is 7.75. The molecule has 2 atom stereocenters. The lowest BCUT2D eigenvalue weighted by Crippen LogP contribution is -2.45. The van der Waals surface area contributed by atoms with Crippen LogP contribution in [0.4, 0.5) is 0 Å². The molecule has 1 aliphatic rings. The number of amides is 1. The van der Waals surface area contributed by atoms with E-state index in [1.807, 2.05) is 32.0 Å². The summed E-state index contributed by atoms with van der Waals surface area (Å²) < 4.78 is 0.945. The van der Waals surface area contributed by atoms with E-state index in [1.54, 1.807) is 4.90 Å². The molecule has 2 rings (SSSR count). The Morgan fingerprint density at radius 3 is 2.70 bits per heavy atom. The third kappa shape index (κ3) is 3.13. The van der Waals surface area contributed by atoms with E-state index in [-0.39, 0.29) is 11.8 Å². The summed E-state index contributed by atoms with van der Waals surface area (Å²) in [6.07, 6.45) is 0.643. The molecule has 1 fully saturated rings. The van der Waals surface area contributed by atoms with Crippen molar-refractivity contribution in [2.75, 3.05) is 13.1 Å². The first-order valence-electron chi connectivity index (χ1n) is 6.67. The second kappa shape index (κ2) is 6.11. The highest BCUT2D eigenvalue weighted by Gasteiger charge is 2.32. The van der Waals surface area contributed by atoms with Gasteiger partial charge in [-0.15, -0.1) is 0 Å². The van der Waals surface area contributed by atoms with Gasteiger partial charge in [0, 0.05) is 16.7 Å². The van der Waals surface area contributed by atoms with Gasteiger partial charge in [0.15, 0.2) is 0 Å². The van der Waals surface area contributed by atoms with Crippen molar-refractivity contribution in [1.82, 2.24) is 4.90 Å². The number of carboxylic acids is 1. The topological polar surface area (TPSA) is 57.6 Å². The van der Waals surface area contributed by atoms with Crippen molar-refractivity contribution >= 4 is 34.5 Å². The van der Waals surface area contributed by atoms with Crippen molar-refractivity contribution in [3.05, 3.63) is 32.9 Å². The van der Waals surface area contributed by atoms with Crippen molar-refractivity contribution in [2.45, 2.75) is 20.3 Å². The zero-order valence-corrected chi connectivity index (χ0v) is 13.8. The average molecular weight is 387 g/mol. The van der Waals surface area contributed by atoms with Crippen molar-refractivity contribution < 1.29 is 14.7 Å². The molecular formula is C15H18INO3. The molecule has 1 aliphatic heterocycles. The minimum Gasteiger partial charge on any atom is -0.481 e. The van der Waals surface area contributed by atoms with Crippen LogP contribution in [-0.4, -0.2) is 35.0 Å². The lowest BCUT2D eigenvalue weighted by atomic mass is 9.90. The summed E-state index contributed by atoms with van der Waals surface area (Å²) in [6, 6.07) is 5.65. The Bertz CT molecular complexity index is 544. The Labute approximate surface area is 132 Å². The molecule has 1 N–H and O–H groups in total. The van der Waals surface area contributed by atoms with Crippen LogP contribution in [0.15, 0.2) is 18.2 Å². The molecule has 108 valence electrons. The zero-order valence-electron chi connectivity index (χ0n) is 11.6. The minimum absolute atomic E-state index is 0.0594. The predicted molar refractivity (Wildman–Crippen MR) is 84.7 cm³/mol. The Balaban J connectivity index is 2.24. The van der Waals surface area contributed by atoms with Gasteiger partial charge in [-0.3, -0.25) is 9.59 Å². The summed E-state index contributed by atoms with van der Waals surface area (Å²) in [5, 5.41) is 9.19. The van der Waals surface area contributed by atoms with Gasteiger partial charge in [0.05, 0.1) is 11.5 Å². The van der Waals surface area contributed by atoms with Gasteiger partial charge in [0.2, 0.25) is 0 Å². The van der Waals surface area contributed by atoms with Crippen LogP contribution in [0.3, 0.4) is 0 Å². The summed E-state index contributed by atoms with van der Waals surface area (Å²) in [6.45, 7) is 4.91. The Kier molecular flexibility index (Phi) is 4.67. The van der Waals surface area contributed by atoms with Crippen LogP contribution in [0.25, 0.3) is 0 Å². The van der Waals surface area contributed by atoms with Gasteiger partial charge in [-0.05, 0) is 53.5 Å². The number of carboxylic acid groups (broad SMARTS) is 1. The minimum atomic E-state index is -0.812. The smallest absolute Gasteiger partial charge is 0.308 e. The first-order chi connectivity index (χ1) is 9.40. The molecule has 0 aliphatic carbocycles. The fourth-order valence-electron chi connectivity index (χ4n) is 2.68. The van der Waals surface area contributed by atoms with Gasteiger partial charge < -0.3 is 10.0 Å². The van der Waals surface area contributed by atoms with E-state index in [2.05, 4.69) is 22.6 Å². The number of likely N-dealkylation sites (tertiary alicyclic amines) is 1. The summed E-state index contributed by atoms with van der Waals surface area (Å²) in [5.74, 6) is -1.11. The highest BCUT2D eigenvalue weighted by atomic mass is 127. The lowest BCUT2D eigenvalue weighted by Gasteiger charge is -2.35. The molecule has 20 heavy (non-hydrogen) atoms. The second-order valence-electron chi connectivity index (χ2n) is 5.52. The number of piperidine rings is 1. The Hall–Kier alpha value is -1.11. The number of benzene rings is 1. The van der Waals surface area contributed by atoms with Crippen molar-refractivity contribution in [3.8, 4) is 0 Å². The van der Waals surface area contributed by atoms with Crippen molar-refractivity contribution in [3.63, 3.8) is 0 Å². The Morgan fingerprint density at radius 2 is 2.05 bits per heavy atom. The summed E-state index contributed by atoms with van der Waals surface area (Å²) >= 11 is 2.18. The maximum atomic E-state index is 12.6. The molecule has 4 nitrogen and oxygen atoms in total. The summed E-state index contributed by atoms with van der Waals surface area (Å²) in [5.41, 5.74) is 1.74. The van der Waals surface area contributed by atoms with Crippen LogP contribution in [0.5, 0.6) is 0 Å². The van der Waals surface area contributed by atoms with E-state index in [4.69, 9.17) is 0 Å². The van der Waals surface area contributed by atoms with E-state index >= 15 is 0 Å². The molecular weight excluding hydrogens is 369 g/mol. The summed E-state index contributed by atoms with van der Waals surface area (Å²) in [4.78, 5) is 25.5. The molecule has 0 radical (unpaired) electrons. The lowest BCUT2D eigenvalue weighted by molar-refractivity contribution is -0.143. The van der Waals surface area contributed by atoms with E-state index < -0.39 is 11.9 Å². The van der Waals surface area contributed by atoms with Gasteiger partial charge in [0.25, 0.3) is 5.91 Å². The standard InChI is InChI=1S/C15H18INO3/c1-9-6-11(15(19)20)8-17(7-9)14(18)12-5-3-4-10(2)13(12)16/h3-5,9,11H,6-8H2,1-2H3,(H,19,20). The summed E-state index contributed by atoms with van der Waals surface area (Å²) in [7, 11) is 0. The van der Waals surface area contributed by atoms with E-state index in [0.29, 0.717) is 25.1 Å². The maximum absolute atomic E-state index is 12.6. The number of aliphatic carboxylic acids is 1. The van der Waals surface area contributed by atoms with Gasteiger partial charge in [-0.2, -0.15) is 0 Å². The molecule has 5 heteroatoms. The highest BCUT2D eigenvalue weighted by molar-refractivity contribution is 14.1. The first kappa shape index (κ1) is 15.3. The molecule has 1 aromatic carbocycles. The van der Waals surface area contributed by atoms with Crippen LogP contribution in [-0.2, 0) is 4.79 Å². The van der Waals surface area contributed by atoms with E-state index in [0.717, 1.165) is 9.13 Å². The molecule has 1 saturated heterocycles. The highest BCUT2D eigenvalue weighted by Crippen LogP contribution is 2.25. The van der Waals surface area contributed by atoms with Crippen LogP contribution < -0.4 is 0 Å². The number of nitrogens with zero attached hydrogens (tertiary/aromatic N) is 1. The number of carbonyl (C=O) groups excluding carboxylic acids is 1. The third-order valence-electron chi connectivity index (χ3n) is 3.72. The van der Waals surface area contributed by atoms with Crippen LogP contribution in [0, 0.1) is 22.3 Å². The number of aryl methyl sites for hydroxylation is 1. The van der Waals surface area contributed by atoms with Gasteiger partial charge in [-0.1, -0.05) is 19.1 Å². The molecule has 1 heterocycles. The number of carbonyl (C=O) groups is 2. The SMILES string of the molecule is Cc1cccc(C(=O)N2CC(C)CC(C(=O)O)C2)c1I. The third-order valence-corrected chi connectivity index (χ3v) is 5.15. The number of hydrogen-bond donors (Lipinski definition) is 1. The zero-order chi connectivity index (χ0) is 14.9. The molecule has 1 aromatic rings. The maximum Gasteiger partial charge on any atom is 0.308 e. The normalized spacial score (nSPS) is 22.6. The Morgan fingerprint density at radius 1 is 1.35 bits per heavy atom. The molecule has 2 unspecified atom stereocenters. The fraction of sp³-hybridized carbons (Fsp3) is 0.467. The number of hydrogen-bond acceptors (Lipinski definition) is 2. The molecule has 0 spiro atoms. The average Bonchev–Trinajstić information content (AvgIpc) is 2.40. The van der Waals surface area contributed by atoms with Gasteiger partial charge in [-0.25, -0.2) is 0 Å². The molecule has 0 aromatic heterocycles. The van der Waals surface area contributed by atoms with Crippen LogP contribution >= 0.6 is 22.6 Å². The number of rotatable bonds is 2. The van der Waals surface area contributed by atoms with Crippen LogP contribution in [0.2, 0.25) is 0 Å². The monoisotopic (exact) mass is 387 g/mol.